The summed E-state index contributed by atoms with van der Waals surface area (Å²) < 4.78 is 0. The first-order valence-corrected chi connectivity index (χ1v) is 9.50. The van der Waals surface area contributed by atoms with Crippen LogP contribution in [0.3, 0.4) is 0 Å². The van der Waals surface area contributed by atoms with Gasteiger partial charge in [0.1, 0.15) is 11.3 Å². The highest BCUT2D eigenvalue weighted by Gasteiger charge is 2.17. The number of amides is 2. The van der Waals surface area contributed by atoms with Crippen molar-refractivity contribution in [3.8, 4) is 16.9 Å². The molecule has 0 aliphatic carbocycles. The Labute approximate surface area is 173 Å². The van der Waals surface area contributed by atoms with Crippen LogP contribution in [0.5, 0.6) is 5.75 Å². The molecule has 2 aromatic heterocycles. The van der Waals surface area contributed by atoms with E-state index in [-0.39, 0.29) is 11.3 Å². The third kappa shape index (κ3) is 3.71. The van der Waals surface area contributed by atoms with Crippen LogP contribution in [0.4, 0.5) is 10.8 Å². The third-order valence-corrected chi connectivity index (χ3v) is 5.01. The molecular formula is C20H14N4O5S. The molecule has 0 atom stereocenters. The van der Waals surface area contributed by atoms with Gasteiger partial charge in [0.25, 0.3) is 0 Å². The number of H-pyrrole nitrogens is 1. The maximum absolute atomic E-state index is 12.2. The average molecular weight is 422 g/mol. The number of aromatic amines is 1. The lowest BCUT2D eigenvalue weighted by Crippen LogP contribution is -2.28. The number of hydrogen-bond acceptors (Lipinski definition) is 6. The van der Waals surface area contributed by atoms with Gasteiger partial charge in [0, 0.05) is 46.0 Å². The van der Waals surface area contributed by atoms with Crippen molar-refractivity contribution in [1.29, 1.82) is 0 Å². The molecule has 150 valence electrons. The smallest absolute Gasteiger partial charge is 0.339 e. The zero-order chi connectivity index (χ0) is 21.3. The van der Waals surface area contributed by atoms with Crippen LogP contribution in [0.2, 0.25) is 0 Å². The Morgan fingerprint density at radius 2 is 1.87 bits per heavy atom. The Morgan fingerprint density at radius 3 is 2.60 bits per heavy atom. The molecule has 0 saturated carbocycles. The van der Waals surface area contributed by atoms with Crippen molar-refractivity contribution in [1.82, 2.24) is 9.97 Å². The highest BCUT2D eigenvalue weighted by molar-refractivity contribution is 7.13. The lowest BCUT2D eigenvalue weighted by molar-refractivity contribution is -0.132. The monoisotopic (exact) mass is 422 g/mol. The van der Waals surface area contributed by atoms with Crippen molar-refractivity contribution in [3.63, 3.8) is 0 Å². The van der Waals surface area contributed by atoms with E-state index in [0.717, 1.165) is 0 Å². The van der Waals surface area contributed by atoms with Gasteiger partial charge in [-0.1, -0.05) is 12.1 Å². The van der Waals surface area contributed by atoms with Crippen molar-refractivity contribution in [2.24, 2.45) is 0 Å². The summed E-state index contributed by atoms with van der Waals surface area (Å²) in [5.41, 5.74) is 2.09. The van der Waals surface area contributed by atoms with Gasteiger partial charge in [-0.3, -0.25) is 14.9 Å². The molecule has 9 nitrogen and oxygen atoms in total. The van der Waals surface area contributed by atoms with Crippen molar-refractivity contribution in [3.05, 3.63) is 59.7 Å². The van der Waals surface area contributed by atoms with Gasteiger partial charge in [0.2, 0.25) is 0 Å². The van der Waals surface area contributed by atoms with Gasteiger partial charge < -0.3 is 20.5 Å². The SMILES string of the molecule is O=C(Nc1cccc(-c2c[nH]c3cc(O)c(C(=O)O)cc23)c1)C(=O)Nc1nccs1. The molecule has 10 heteroatoms. The molecule has 30 heavy (non-hydrogen) atoms. The highest BCUT2D eigenvalue weighted by atomic mass is 32.1. The minimum absolute atomic E-state index is 0.216. The fourth-order valence-electron chi connectivity index (χ4n) is 2.96. The van der Waals surface area contributed by atoms with Gasteiger partial charge in [-0.25, -0.2) is 9.78 Å². The molecule has 0 bridgehead atoms. The molecule has 0 unspecified atom stereocenters. The molecule has 0 radical (unpaired) electrons. The van der Waals surface area contributed by atoms with Crippen molar-refractivity contribution < 1.29 is 24.6 Å². The van der Waals surface area contributed by atoms with E-state index in [0.29, 0.717) is 32.8 Å². The summed E-state index contributed by atoms with van der Waals surface area (Å²) in [6.07, 6.45) is 3.18. The summed E-state index contributed by atoms with van der Waals surface area (Å²) in [7, 11) is 0. The number of phenols is 1. The maximum atomic E-state index is 12.2. The fraction of sp³-hybridized carbons (Fsp3) is 0. The molecule has 0 saturated heterocycles. The minimum atomic E-state index is -1.24. The molecule has 0 aliphatic rings. The fourth-order valence-corrected chi connectivity index (χ4v) is 3.48. The summed E-state index contributed by atoms with van der Waals surface area (Å²) in [6.45, 7) is 0. The number of thiazole rings is 1. The molecule has 0 aliphatic heterocycles. The molecule has 0 fully saturated rings. The molecular weight excluding hydrogens is 408 g/mol. The number of aromatic nitrogens is 2. The first-order valence-electron chi connectivity index (χ1n) is 8.62. The number of carbonyl (C=O) groups excluding carboxylic acids is 2. The molecule has 2 heterocycles. The number of aromatic carboxylic acids is 1. The second-order valence-electron chi connectivity index (χ2n) is 6.25. The number of benzene rings is 2. The van der Waals surface area contributed by atoms with E-state index < -0.39 is 17.8 Å². The van der Waals surface area contributed by atoms with E-state index in [9.17, 15) is 24.6 Å². The first-order chi connectivity index (χ1) is 14.4. The Hall–Kier alpha value is -4.18. The van der Waals surface area contributed by atoms with Crippen LogP contribution in [0.25, 0.3) is 22.0 Å². The predicted molar refractivity (Wildman–Crippen MR) is 112 cm³/mol. The number of hydrogen-bond donors (Lipinski definition) is 5. The summed E-state index contributed by atoms with van der Waals surface area (Å²) >= 11 is 1.19. The summed E-state index contributed by atoms with van der Waals surface area (Å²) in [4.78, 5) is 42.4. The van der Waals surface area contributed by atoms with Gasteiger partial charge in [-0.15, -0.1) is 11.3 Å². The van der Waals surface area contributed by atoms with Crippen LogP contribution in [0.1, 0.15) is 10.4 Å². The quantitative estimate of drug-likeness (QED) is 0.319. The Kier molecular flexibility index (Phi) is 4.90. The van der Waals surface area contributed by atoms with Gasteiger partial charge in [-0.05, 0) is 23.8 Å². The van der Waals surface area contributed by atoms with Crippen LogP contribution >= 0.6 is 11.3 Å². The van der Waals surface area contributed by atoms with Crippen LogP contribution < -0.4 is 10.6 Å². The highest BCUT2D eigenvalue weighted by Crippen LogP contribution is 2.33. The molecule has 5 N–H and O–H groups in total. The van der Waals surface area contributed by atoms with Crippen molar-refractivity contribution >= 4 is 50.8 Å². The number of carbonyl (C=O) groups is 3. The Morgan fingerprint density at radius 1 is 1.07 bits per heavy atom. The summed E-state index contributed by atoms with van der Waals surface area (Å²) in [6, 6.07) is 9.48. The zero-order valence-corrected chi connectivity index (χ0v) is 16.0. The topological polar surface area (TPSA) is 144 Å². The van der Waals surface area contributed by atoms with Crippen molar-refractivity contribution in [2.75, 3.05) is 10.6 Å². The largest absolute Gasteiger partial charge is 0.507 e. The minimum Gasteiger partial charge on any atom is -0.507 e. The average Bonchev–Trinajstić information content (AvgIpc) is 3.36. The standard InChI is InChI=1S/C20H14N4O5S/c25-16-8-15-12(7-13(16)19(28)29)14(9-22-15)10-2-1-3-11(6-10)23-17(26)18(27)24-20-21-4-5-30-20/h1-9,22,25H,(H,23,26)(H,28,29)(H,21,24,27). The number of aromatic hydroxyl groups is 1. The van der Waals surface area contributed by atoms with E-state index in [2.05, 4.69) is 20.6 Å². The number of nitrogens with one attached hydrogen (secondary N) is 3. The summed E-state index contributed by atoms with van der Waals surface area (Å²) in [5, 5.41) is 26.6. The lowest BCUT2D eigenvalue weighted by Gasteiger charge is -2.07. The molecule has 4 aromatic rings. The molecule has 2 amide bonds. The number of anilines is 2. The van der Waals surface area contributed by atoms with Gasteiger partial charge in [-0.2, -0.15) is 0 Å². The van der Waals surface area contributed by atoms with Crippen LogP contribution in [0, 0.1) is 0 Å². The maximum Gasteiger partial charge on any atom is 0.339 e. The Balaban J connectivity index is 1.60. The van der Waals surface area contributed by atoms with Crippen LogP contribution in [0.15, 0.2) is 54.2 Å². The van der Waals surface area contributed by atoms with E-state index in [4.69, 9.17) is 0 Å². The van der Waals surface area contributed by atoms with Gasteiger partial charge in [0.05, 0.1) is 0 Å². The van der Waals surface area contributed by atoms with Crippen molar-refractivity contribution in [2.45, 2.75) is 0 Å². The van der Waals surface area contributed by atoms with Gasteiger partial charge >= 0.3 is 17.8 Å². The van der Waals surface area contributed by atoms with Crippen LogP contribution in [-0.4, -0.2) is 38.0 Å². The van der Waals surface area contributed by atoms with E-state index >= 15 is 0 Å². The second-order valence-corrected chi connectivity index (χ2v) is 7.14. The van der Waals surface area contributed by atoms with Crippen LogP contribution in [-0.2, 0) is 9.59 Å². The molecule has 2 aromatic carbocycles. The number of carboxylic acid groups (broad SMARTS) is 1. The number of rotatable bonds is 4. The first kappa shape index (κ1) is 19.2. The third-order valence-electron chi connectivity index (χ3n) is 4.32. The zero-order valence-electron chi connectivity index (χ0n) is 15.2. The van der Waals surface area contributed by atoms with E-state index in [1.165, 1.54) is 29.7 Å². The lowest BCUT2D eigenvalue weighted by atomic mass is 10.0. The molecule has 0 spiro atoms. The second kappa shape index (κ2) is 7.68. The Bertz CT molecular complexity index is 1280. The normalized spacial score (nSPS) is 10.7. The number of fused-ring (bicyclic) bond motifs is 1. The van der Waals surface area contributed by atoms with Gasteiger partial charge in [0.15, 0.2) is 5.13 Å². The molecule has 4 rings (SSSR count). The van der Waals surface area contributed by atoms with E-state index in [1.807, 2.05) is 0 Å². The number of nitrogens with zero attached hydrogens (tertiary/aromatic N) is 1. The predicted octanol–water partition coefficient (Wildman–Crippen LogP) is 3.27. The van der Waals surface area contributed by atoms with E-state index in [1.54, 1.807) is 35.8 Å². The summed E-state index contributed by atoms with van der Waals surface area (Å²) in [5.74, 6) is -3.27. The number of carboxylic acids is 1.